The number of rotatable bonds is 2. The van der Waals surface area contributed by atoms with E-state index in [1.165, 1.54) is 0 Å². The zero-order valence-corrected chi connectivity index (χ0v) is 12.2. The number of hydrogen-bond donors (Lipinski definition) is 0. The minimum absolute atomic E-state index is 0.152. The molecule has 3 nitrogen and oxygen atoms in total. The van der Waals surface area contributed by atoms with E-state index in [1.54, 1.807) is 12.3 Å². The summed E-state index contributed by atoms with van der Waals surface area (Å²) in [6, 6.07) is 1.79. The van der Waals surface area contributed by atoms with Gasteiger partial charge in [-0.2, -0.15) is 0 Å². The minimum atomic E-state index is 0.152. The highest BCUT2D eigenvalue weighted by Gasteiger charge is 2.26. The van der Waals surface area contributed by atoms with Crippen molar-refractivity contribution in [1.82, 2.24) is 4.98 Å². The van der Waals surface area contributed by atoms with Crippen LogP contribution in [0.3, 0.4) is 0 Å². The van der Waals surface area contributed by atoms with E-state index in [0.717, 1.165) is 17.3 Å². The van der Waals surface area contributed by atoms with Crippen molar-refractivity contribution in [1.29, 1.82) is 0 Å². The SMILES string of the molecule is CC1CC(Oc2ncc(Cl)cc2Br)CC(C)O1. The maximum Gasteiger partial charge on any atom is 0.228 e. The third kappa shape index (κ3) is 3.57. The van der Waals surface area contributed by atoms with Crippen LogP contribution in [0.2, 0.25) is 5.02 Å². The first-order valence-corrected chi connectivity index (χ1v) is 6.85. The average molecular weight is 321 g/mol. The highest BCUT2D eigenvalue weighted by molar-refractivity contribution is 9.10. The van der Waals surface area contributed by atoms with Crippen LogP contribution in [0, 0.1) is 0 Å². The fraction of sp³-hybridized carbons (Fsp3) is 0.583. The van der Waals surface area contributed by atoms with Gasteiger partial charge in [-0.3, -0.25) is 0 Å². The minimum Gasteiger partial charge on any atom is -0.473 e. The van der Waals surface area contributed by atoms with Crippen LogP contribution in [0.1, 0.15) is 26.7 Å². The van der Waals surface area contributed by atoms with Gasteiger partial charge in [-0.1, -0.05) is 11.6 Å². The number of pyridine rings is 1. The smallest absolute Gasteiger partial charge is 0.228 e. The molecule has 0 spiro atoms. The second kappa shape index (κ2) is 5.55. The molecule has 0 bridgehead atoms. The lowest BCUT2D eigenvalue weighted by Gasteiger charge is -2.32. The largest absolute Gasteiger partial charge is 0.473 e. The molecule has 0 N–H and O–H groups in total. The molecule has 0 aliphatic carbocycles. The number of aromatic nitrogens is 1. The van der Waals surface area contributed by atoms with E-state index in [2.05, 4.69) is 34.8 Å². The Balaban J connectivity index is 2.04. The summed E-state index contributed by atoms with van der Waals surface area (Å²) in [5, 5.41) is 0.595. The number of nitrogens with zero attached hydrogens (tertiary/aromatic N) is 1. The molecule has 2 unspecified atom stereocenters. The highest BCUT2D eigenvalue weighted by Crippen LogP contribution is 2.29. The molecule has 1 saturated heterocycles. The van der Waals surface area contributed by atoms with Gasteiger partial charge in [0.15, 0.2) is 0 Å². The Morgan fingerprint density at radius 1 is 1.41 bits per heavy atom. The molecule has 5 heteroatoms. The Bertz CT molecular complexity index is 392. The maximum atomic E-state index is 5.89. The molecule has 1 aliphatic heterocycles. The molecule has 0 radical (unpaired) electrons. The van der Waals surface area contributed by atoms with Crippen molar-refractivity contribution < 1.29 is 9.47 Å². The van der Waals surface area contributed by atoms with E-state index in [1.807, 2.05) is 0 Å². The molecule has 2 heterocycles. The third-order valence-corrected chi connectivity index (χ3v) is 3.48. The van der Waals surface area contributed by atoms with Gasteiger partial charge in [-0.15, -0.1) is 0 Å². The Morgan fingerprint density at radius 3 is 2.65 bits per heavy atom. The normalized spacial score (nSPS) is 29.1. The average Bonchev–Trinajstić information content (AvgIpc) is 2.21. The molecule has 0 saturated carbocycles. The van der Waals surface area contributed by atoms with Crippen LogP contribution in [-0.2, 0) is 4.74 Å². The first-order valence-electron chi connectivity index (χ1n) is 5.67. The first kappa shape index (κ1) is 13.1. The van der Waals surface area contributed by atoms with Gasteiger partial charge in [-0.05, 0) is 35.8 Å². The third-order valence-electron chi connectivity index (χ3n) is 2.71. The van der Waals surface area contributed by atoms with E-state index in [4.69, 9.17) is 21.1 Å². The van der Waals surface area contributed by atoms with E-state index in [9.17, 15) is 0 Å². The van der Waals surface area contributed by atoms with Gasteiger partial charge in [0, 0.05) is 19.0 Å². The van der Waals surface area contributed by atoms with Crippen molar-refractivity contribution in [2.75, 3.05) is 0 Å². The molecule has 94 valence electrons. The van der Waals surface area contributed by atoms with Crippen LogP contribution in [0.25, 0.3) is 0 Å². The van der Waals surface area contributed by atoms with Crippen molar-refractivity contribution in [3.8, 4) is 5.88 Å². The summed E-state index contributed by atoms with van der Waals surface area (Å²) in [5.74, 6) is 0.598. The summed E-state index contributed by atoms with van der Waals surface area (Å²) in [4.78, 5) is 4.18. The molecule has 17 heavy (non-hydrogen) atoms. The molecule has 0 aromatic carbocycles. The van der Waals surface area contributed by atoms with E-state index in [-0.39, 0.29) is 18.3 Å². The van der Waals surface area contributed by atoms with Gasteiger partial charge in [0.1, 0.15) is 6.10 Å². The predicted molar refractivity (Wildman–Crippen MR) is 70.6 cm³/mol. The second-order valence-electron chi connectivity index (χ2n) is 4.41. The molecule has 0 amide bonds. The topological polar surface area (TPSA) is 31.4 Å². The fourth-order valence-electron chi connectivity index (χ4n) is 2.09. The molecule has 1 fully saturated rings. The molecular weight excluding hydrogens is 305 g/mol. The van der Waals surface area contributed by atoms with Gasteiger partial charge in [0.25, 0.3) is 0 Å². The van der Waals surface area contributed by atoms with Crippen LogP contribution < -0.4 is 4.74 Å². The van der Waals surface area contributed by atoms with Crippen LogP contribution in [-0.4, -0.2) is 23.3 Å². The predicted octanol–water partition coefficient (Wildman–Crippen LogP) is 3.83. The monoisotopic (exact) mass is 319 g/mol. The van der Waals surface area contributed by atoms with Crippen molar-refractivity contribution in [3.63, 3.8) is 0 Å². The van der Waals surface area contributed by atoms with Crippen molar-refractivity contribution in [2.45, 2.75) is 45.0 Å². The summed E-state index contributed by atoms with van der Waals surface area (Å²) in [7, 11) is 0. The van der Waals surface area contributed by atoms with Crippen LogP contribution in [0.4, 0.5) is 0 Å². The van der Waals surface area contributed by atoms with Gasteiger partial charge in [-0.25, -0.2) is 4.98 Å². The number of hydrogen-bond acceptors (Lipinski definition) is 3. The summed E-state index contributed by atoms with van der Waals surface area (Å²) in [6.45, 7) is 4.13. The van der Waals surface area contributed by atoms with E-state index in [0.29, 0.717) is 10.9 Å². The highest BCUT2D eigenvalue weighted by atomic mass is 79.9. The second-order valence-corrected chi connectivity index (χ2v) is 5.70. The molecule has 2 rings (SSSR count). The van der Waals surface area contributed by atoms with Crippen LogP contribution in [0.5, 0.6) is 5.88 Å². The number of ether oxygens (including phenoxy) is 2. The lowest BCUT2D eigenvalue weighted by Crippen LogP contribution is -2.35. The maximum absolute atomic E-state index is 5.89. The van der Waals surface area contributed by atoms with Gasteiger partial charge in [0.2, 0.25) is 5.88 Å². The van der Waals surface area contributed by atoms with Gasteiger partial charge < -0.3 is 9.47 Å². The van der Waals surface area contributed by atoms with E-state index >= 15 is 0 Å². The standard InChI is InChI=1S/C12H15BrClNO2/c1-7-3-10(4-8(2)16-7)17-12-11(13)5-9(14)6-15-12/h5-8,10H,3-4H2,1-2H3. The Morgan fingerprint density at radius 2 is 2.06 bits per heavy atom. The zero-order valence-electron chi connectivity index (χ0n) is 9.82. The summed E-state index contributed by atoms with van der Waals surface area (Å²) in [5.41, 5.74) is 0. The lowest BCUT2D eigenvalue weighted by atomic mass is 10.0. The van der Waals surface area contributed by atoms with E-state index < -0.39 is 0 Å². The molecule has 1 aromatic heterocycles. The summed E-state index contributed by atoms with van der Waals surface area (Å²) < 4.78 is 12.3. The Kier molecular flexibility index (Phi) is 4.28. The van der Waals surface area contributed by atoms with Crippen LogP contribution in [0.15, 0.2) is 16.7 Å². The van der Waals surface area contributed by atoms with Crippen molar-refractivity contribution >= 4 is 27.5 Å². The van der Waals surface area contributed by atoms with Crippen molar-refractivity contribution in [2.24, 2.45) is 0 Å². The molecular formula is C12H15BrClNO2. The first-order chi connectivity index (χ1) is 8.04. The Hall–Kier alpha value is -0.320. The zero-order chi connectivity index (χ0) is 12.4. The van der Waals surface area contributed by atoms with Gasteiger partial charge in [0.05, 0.1) is 21.7 Å². The molecule has 1 aromatic rings. The summed E-state index contributed by atoms with van der Waals surface area (Å²) in [6.07, 6.45) is 3.99. The molecule has 2 atom stereocenters. The quantitative estimate of drug-likeness (QED) is 0.830. The van der Waals surface area contributed by atoms with Crippen molar-refractivity contribution in [3.05, 3.63) is 21.8 Å². The fourth-order valence-corrected chi connectivity index (χ4v) is 2.82. The molecule has 1 aliphatic rings. The van der Waals surface area contributed by atoms with Crippen LogP contribution >= 0.6 is 27.5 Å². The summed E-state index contributed by atoms with van der Waals surface area (Å²) >= 11 is 9.24. The Labute approximate surface area is 115 Å². The number of halogens is 2. The van der Waals surface area contributed by atoms with Gasteiger partial charge >= 0.3 is 0 Å². The lowest BCUT2D eigenvalue weighted by molar-refractivity contribution is -0.0731.